The first-order chi connectivity index (χ1) is 8.78. The van der Waals surface area contributed by atoms with E-state index in [1.165, 1.54) is 12.8 Å². The van der Waals surface area contributed by atoms with E-state index in [0.717, 1.165) is 19.6 Å². The van der Waals surface area contributed by atoms with Crippen molar-refractivity contribution < 1.29 is 9.47 Å². The van der Waals surface area contributed by atoms with Gasteiger partial charge in [-0.1, -0.05) is 48.0 Å². The number of hydrogen-bond donors (Lipinski definition) is 0. The summed E-state index contributed by atoms with van der Waals surface area (Å²) in [5.41, 5.74) is 0.695. The molecule has 2 saturated heterocycles. The van der Waals surface area contributed by atoms with Gasteiger partial charge in [0.1, 0.15) is 0 Å². The van der Waals surface area contributed by atoms with Crippen LogP contribution in [0.25, 0.3) is 0 Å². The molecule has 2 aliphatic rings. The molecule has 2 heterocycles. The van der Waals surface area contributed by atoms with Gasteiger partial charge in [-0.3, -0.25) is 0 Å². The van der Waals surface area contributed by atoms with E-state index in [1.807, 2.05) is 0 Å². The second kappa shape index (κ2) is 5.37. The van der Waals surface area contributed by atoms with Gasteiger partial charge in [0.05, 0.1) is 18.8 Å². The van der Waals surface area contributed by atoms with Gasteiger partial charge >= 0.3 is 0 Å². The van der Waals surface area contributed by atoms with Gasteiger partial charge in [-0.25, -0.2) is 0 Å². The molecule has 2 nitrogen and oxygen atoms in total. The number of ether oxygens (including phenoxy) is 2. The third kappa shape index (κ3) is 2.85. The van der Waals surface area contributed by atoms with Crippen molar-refractivity contribution in [1.29, 1.82) is 0 Å². The zero-order chi connectivity index (χ0) is 14.3. The fourth-order valence-electron chi connectivity index (χ4n) is 3.70. The fraction of sp³-hybridized carbons (Fsp3) is 1.00. The average Bonchev–Trinajstić information content (AvgIpc) is 2.72. The molecule has 0 bridgehead atoms. The summed E-state index contributed by atoms with van der Waals surface area (Å²) in [6, 6.07) is 0. The Labute approximate surface area is 119 Å². The van der Waals surface area contributed by atoms with Crippen LogP contribution >= 0.6 is 0 Å². The highest BCUT2D eigenvalue weighted by Gasteiger charge is 2.47. The molecule has 2 heteroatoms. The normalized spacial score (nSPS) is 38.8. The lowest BCUT2D eigenvalue weighted by molar-refractivity contribution is -0.0877. The molecule has 2 rings (SSSR count). The van der Waals surface area contributed by atoms with E-state index in [9.17, 15) is 0 Å². The lowest BCUT2D eigenvalue weighted by Gasteiger charge is -2.44. The first-order valence-electron chi connectivity index (χ1n) is 8.02. The van der Waals surface area contributed by atoms with Gasteiger partial charge in [0.25, 0.3) is 0 Å². The Morgan fingerprint density at radius 2 is 1.74 bits per heavy atom. The number of hydrogen-bond acceptors (Lipinski definition) is 2. The minimum atomic E-state index is 0.333. The van der Waals surface area contributed by atoms with E-state index >= 15 is 0 Å². The average molecular weight is 268 g/mol. The second-order valence-corrected chi connectivity index (χ2v) is 8.03. The van der Waals surface area contributed by atoms with E-state index in [-0.39, 0.29) is 0 Å². The van der Waals surface area contributed by atoms with Crippen LogP contribution in [0.3, 0.4) is 0 Å². The molecule has 4 unspecified atom stereocenters. The quantitative estimate of drug-likeness (QED) is 0.760. The van der Waals surface area contributed by atoms with Crippen LogP contribution in [0.1, 0.15) is 60.8 Å². The summed E-state index contributed by atoms with van der Waals surface area (Å²) in [6.07, 6.45) is 4.29. The van der Waals surface area contributed by atoms with Crippen molar-refractivity contribution in [2.24, 2.45) is 22.7 Å². The summed E-state index contributed by atoms with van der Waals surface area (Å²) in [4.78, 5) is 0. The zero-order valence-corrected chi connectivity index (χ0v) is 13.7. The van der Waals surface area contributed by atoms with E-state index in [1.54, 1.807) is 0 Å². The van der Waals surface area contributed by atoms with Crippen molar-refractivity contribution >= 4 is 0 Å². The second-order valence-electron chi connectivity index (χ2n) is 8.03. The lowest BCUT2D eigenvalue weighted by Crippen LogP contribution is -2.42. The molecule has 0 saturated carbocycles. The molecule has 0 aliphatic carbocycles. The third-order valence-electron chi connectivity index (χ3n) is 6.04. The first-order valence-corrected chi connectivity index (χ1v) is 8.02. The van der Waals surface area contributed by atoms with E-state index < -0.39 is 0 Å². The topological polar surface area (TPSA) is 18.5 Å². The number of fused-ring (bicyclic) bond motifs is 1. The highest BCUT2D eigenvalue weighted by atomic mass is 16.6. The summed E-state index contributed by atoms with van der Waals surface area (Å²) in [7, 11) is 0. The van der Waals surface area contributed by atoms with Gasteiger partial charge < -0.3 is 9.47 Å². The number of rotatable bonds is 3. The zero-order valence-electron chi connectivity index (χ0n) is 13.7. The molecule has 0 spiro atoms. The molecule has 112 valence electrons. The van der Waals surface area contributed by atoms with Crippen molar-refractivity contribution in [3.8, 4) is 0 Å². The fourth-order valence-corrected chi connectivity index (χ4v) is 3.70. The molecular weight excluding hydrogens is 236 g/mol. The van der Waals surface area contributed by atoms with Crippen LogP contribution < -0.4 is 0 Å². The summed E-state index contributed by atoms with van der Waals surface area (Å²) in [5.74, 6) is 1.24. The molecular formula is C17H32O2. The Bertz CT molecular complexity index is 307. The standard InChI is InChI=1S/C17H32O2/c1-7-17(6,16(3,4)5)10-13-11-19-14-12(2)8-9-18-15(13)14/h12-15H,7-11H2,1-6H3/t12?,13?,14?,15-,17?/m1/s1. The summed E-state index contributed by atoms with van der Waals surface area (Å²) in [6.45, 7) is 16.0. The van der Waals surface area contributed by atoms with E-state index in [2.05, 4.69) is 41.5 Å². The van der Waals surface area contributed by atoms with Crippen molar-refractivity contribution in [3.63, 3.8) is 0 Å². The minimum Gasteiger partial charge on any atom is -0.375 e. The highest BCUT2D eigenvalue weighted by molar-refractivity contribution is 4.95. The first kappa shape index (κ1) is 15.3. The molecule has 0 aromatic rings. The Morgan fingerprint density at radius 1 is 1.05 bits per heavy atom. The van der Waals surface area contributed by atoms with Gasteiger partial charge in [0.2, 0.25) is 0 Å². The van der Waals surface area contributed by atoms with Crippen molar-refractivity contribution in [2.75, 3.05) is 13.2 Å². The Morgan fingerprint density at radius 3 is 2.32 bits per heavy atom. The Kier molecular flexibility index (Phi) is 4.32. The molecule has 2 fully saturated rings. The van der Waals surface area contributed by atoms with Crippen LogP contribution in [0.2, 0.25) is 0 Å². The van der Waals surface area contributed by atoms with Gasteiger partial charge in [0.15, 0.2) is 0 Å². The van der Waals surface area contributed by atoms with Crippen LogP contribution in [0.4, 0.5) is 0 Å². The summed E-state index contributed by atoms with van der Waals surface area (Å²) >= 11 is 0. The maximum Gasteiger partial charge on any atom is 0.0889 e. The SMILES string of the molecule is CCC(C)(CC1COC2C(C)CCO[C@H]12)C(C)(C)C. The molecule has 19 heavy (non-hydrogen) atoms. The van der Waals surface area contributed by atoms with Crippen molar-refractivity contribution in [3.05, 3.63) is 0 Å². The Balaban J connectivity index is 2.07. The molecule has 2 aliphatic heterocycles. The predicted molar refractivity (Wildman–Crippen MR) is 79.2 cm³/mol. The molecule has 0 amide bonds. The highest BCUT2D eigenvalue weighted by Crippen LogP contribution is 2.49. The molecule has 0 aromatic carbocycles. The van der Waals surface area contributed by atoms with Gasteiger partial charge in [-0.05, 0) is 29.6 Å². The molecule has 0 N–H and O–H groups in total. The molecule has 0 aromatic heterocycles. The van der Waals surface area contributed by atoms with Crippen molar-refractivity contribution in [2.45, 2.75) is 73.0 Å². The predicted octanol–water partition coefficient (Wildman–Crippen LogP) is 4.28. The Hall–Kier alpha value is -0.0800. The summed E-state index contributed by atoms with van der Waals surface area (Å²) in [5, 5.41) is 0. The minimum absolute atomic E-state index is 0.333. The molecule has 0 radical (unpaired) electrons. The van der Waals surface area contributed by atoms with E-state index in [0.29, 0.717) is 34.9 Å². The van der Waals surface area contributed by atoms with Crippen LogP contribution in [0.15, 0.2) is 0 Å². The largest absolute Gasteiger partial charge is 0.375 e. The van der Waals surface area contributed by atoms with Gasteiger partial charge in [-0.15, -0.1) is 0 Å². The smallest absolute Gasteiger partial charge is 0.0889 e. The summed E-state index contributed by atoms with van der Waals surface area (Å²) < 4.78 is 12.1. The van der Waals surface area contributed by atoms with E-state index in [4.69, 9.17) is 9.47 Å². The molecule has 5 atom stereocenters. The van der Waals surface area contributed by atoms with Gasteiger partial charge in [-0.2, -0.15) is 0 Å². The van der Waals surface area contributed by atoms with Crippen LogP contribution in [0.5, 0.6) is 0 Å². The van der Waals surface area contributed by atoms with Crippen LogP contribution in [-0.2, 0) is 9.47 Å². The van der Waals surface area contributed by atoms with Crippen LogP contribution in [0, 0.1) is 22.7 Å². The monoisotopic (exact) mass is 268 g/mol. The van der Waals surface area contributed by atoms with Crippen molar-refractivity contribution in [1.82, 2.24) is 0 Å². The van der Waals surface area contributed by atoms with Gasteiger partial charge in [0, 0.05) is 12.5 Å². The third-order valence-corrected chi connectivity index (χ3v) is 6.04. The maximum atomic E-state index is 6.06. The van der Waals surface area contributed by atoms with Crippen LogP contribution in [-0.4, -0.2) is 25.4 Å². The lowest BCUT2D eigenvalue weighted by atomic mass is 9.62. The maximum absolute atomic E-state index is 6.06.